The lowest BCUT2D eigenvalue weighted by Gasteiger charge is -2.30. The van der Waals surface area contributed by atoms with E-state index in [0.29, 0.717) is 25.3 Å². The molecule has 1 N–H and O–H groups in total. The molecule has 7 heteroatoms. The van der Waals surface area contributed by atoms with Crippen LogP contribution in [0.4, 0.5) is 5.69 Å². The molecular formula is C30H35N3O4. The van der Waals surface area contributed by atoms with Gasteiger partial charge < -0.3 is 14.7 Å². The van der Waals surface area contributed by atoms with Crippen molar-refractivity contribution in [2.24, 2.45) is 0 Å². The lowest BCUT2D eigenvalue weighted by molar-refractivity contribution is 0.0696. The summed E-state index contributed by atoms with van der Waals surface area (Å²) in [5.41, 5.74) is 3.50. The summed E-state index contributed by atoms with van der Waals surface area (Å²) >= 11 is 0. The normalized spacial score (nSPS) is 15.2. The summed E-state index contributed by atoms with van der Waals surface area (Å²) in [6.07, 6.45) is 8.49. The smallest absolute Gasteiger partial charge is 0.335 e. The van der Waals surface area contributed by atoms with Crippen LogP contribution < -0.4 is 9.64 Å². The highest BCUT2D eigenvalue weighted by atomic mass is 16.5. The molecule has 0 bridgehead atoms. The van der Waals surface area contributed by atoms with Crippen LogP contribution in [0.15, 0.2) is 67.0 Å². The minimum Gasteiger partial charge on any atom is -0.494 e. The van der Waals surface area contributed by atoms with Gasteiger partial charge in [-0.1, -0.05) is 31.4 Å². The number of amides is 1. The number of aromatic nitrogens is 1. The van der Waals surface area contributed by atoms with Gasteiger partial charge in [0.05, 0.1) is 17.7 Å². The first-order valence-corrected chi connectivity index (χ1v) is 13.1. The second-order valence-corrected chi connectivity index (χ2v) is 9.40. The number of rotatable bonds is 6. The molecule has 194 valence electrons. The standard InChI is InChI=1S/C30H35N3O4/c1-2-37-27-13-10-23(11-14-27)21-32-17-6-4-3-5-7-18-33(29(34)25-9-8-16-31-20-25)28-15-12-24(30(35)36)19-26(28)22-32/h8-16,19-20H,2-7,17-18,21-22H2,1H3,(H,35,36). The average Bonchev–Trinajstić information content (AvgIpc) is 2.91. The molecule has 0 saturated heterocycles. The molecule has 2 aromatic carbocycles. The Morgan fingerprint density at radius 3 is 2.41 bits per heavy atom. The number of aromatic carboxylic acids is 1. The van der Waals surface area contributed by atoms with Crippen molar-refractivity contribution in [3.05, 3.63) is 89.2 Å². The van der Waals surface area contributed by atoms with Crippen molar-refractivity contribution in [3.63, 3.8) is 0 Å². The Bertz CT molecular complexity index is 1180. The van der Waals surface area contributed by atoms with E-state index in [1.165, 1.54) is 0 Å². The van der Waals surface area contributed by atoms with Crippen LogP contribution in [0.5, 0.6) is 5.75 Å². The molecule has 1 amide bonds. The van der Waals surface area contributed by atoms with Gasteiger partial charge in [-0.2, -0.15) is 0 Å². The maximum atomic E-state index is 13.6. The third-order valence-corrected chi connectivity index (χ3v) is 6.66. The van der Waals surface area contributed by atoms with Crippen molar-refractivity contribution in [3.8, 4) is 5.75 Å². The summed E-state index contributed by atoms with van der Waals surface area (Å²) < 4.78 is 5.59. The van der Waals surface area contributed by atoms with Crippen molar-refractivity contribution in [1.29, 1.82) is 0 Å². The molecule has 0 saturated carbocycles. The number of carboxylic acid groups (broad SMARTS) is 1. The highest BCUT2D eigenvalue weighted by molar-refractivity contribution is 6.06. The van der Waals surface area contributed by atoms with Gasteiger partial charge in [-0.3, -0.25) is 14.7 Å². The molecule has 0 radical (unpaired) electrons. The van der Waals surface area contributed by atoms with E-state index in [2.05, 4.69) is 22.0 Å². The minimum atomic E-state index is -0.975. The molecule has 3 aromatic rings. The molecule has 0 fully saturated rings. The lowest BCUT2D eigenvalue weighted by Crippen LogP contribution is -2.34. The number of nitrogens with zero attached hydrogens (tertiary/aromatic N) is 3. The molecule has 0 unspecified atom stereocenters. The number of hydrogen-bond acceptors (Lipinski definition) is 5. The second-order valence-electron chi connectivity index (χ2n) is 9.40. The fourth-order valence-electron chi connectivity index (χ4n) is 4.79. The van der Waals surface area contributed by atoms with E-state index >= 15 is 0 Å². The first kappa shape index (κ1) is 26.4. The average molecular weight is 502 g/mol. The van der Waals surface area contributed by atoms with E-state index in [9.17, 15) is 14.7 Å². The van der Waals surface area contributed by atoms with Crippen LogP contribution in [0, 0.1) is 0 Å². The predicted octanol–water partition coefficient (Wildman–Crippen LogP) is 5.79. The Morgan fingerprint density at radius 1 is 0.946 bits per heavy atom. The number of carboxylic acids is 1. The summed E-state index contributed by atoms with van der Waals surface area (Å²) in [6, 6.07) is 16.8. The van der Waals surface area contributed by atoms with Crippen molar-refractivity contribution >= 4 is 17.6 Å². The maximum absolute atomic E-state index is 13.6. The highest BCUT2D eigenvalue weighted by Gasteiger charge is 2.23. The Labute approximate surface area is 218 Å². The SMILES string of the molecule is CCOc1ccc(CN2CCCCCCCN(C(=O)c3cccnc3)c3ccc(C(=O)O)cc3C2)cc1. The zero-order valence-corrected chi connectivity index (χ0v) is 21.4. The quantitative estimate of drug-likeness (QED) is 0.460. The van der Waals surface area contributed by atoms with Crippen LogP contribution in [-0.4, -0.2) is 46.6 Å². The van der Waals surface area contributed by atoms with Crippen molar-refractivity contribution in [1.82, 2.24) is 9.88 Å². The van der Waals surface area contributed by atoms with Gasteiger partial charge in [0.1, 0.15) is 5.75 Å². The summed E-state index contributed by atoms with van der Waals surface area (Å²) in [5, 5.41) is 9.70. The molecule has 1 aliphatic rings. The largest absolute Gasteiger partial charge is 0.494 e. The van der Waals surface area contributed by atoms with Crippen molar-refractivity contribution < 1.29 is 19.4 Å². The number of carbonyl (C=O) groups is 2. The Morgan fingerprint density at radius 2 is 1.70 bits per heavy atom. The molecule has 0 spiro atoms. The fourth-order valence-corrected chi connectivity index (χ4v) is 4.79. The van der Waals surface area contributed by atoms with E-state index in [4.69, 9.17) is 4.74 Å². The van der Waals surface area contributed by atoms with Crippen molar-refractivity contribution in [2.75, 3.05) is 24.6 Å². The number of pyridine rings is 1. The van der Waals surface area contributed by atoms with Crippen LogP contribution in [0.2, 0.25) is 0 Å². The highest BCUT2D eigenvalue weighted by Crippen LogP contribution is 2.28. The molecule has 4 rings (SSSR count). The number of hydrogen-bond donors (Lipinski definition) is 1. The molecular weight excluding hydrogens is 466 g/mol. The number of anilines is 1. The molecule has 7 nitrogen and oxygen atoms in total. The second kappa shape index (κ2) is 13.0. The lowest BCUT2D eigenvalue weighted by atomic mass is 10.0. The van der Waals surface area contributed by atoms with E-state index < -0.39 is 5.97 Å². The summed E-state index contributed by atoms with van der Waals surface area (Å²) in [6.45, 7) is 5.32. The Kier molecular flexibility index (Phi) is 9.27. The monoisotopic (exact) mass is 501 g/mol. The van der Waals surface area contributed by atoms with E-state index in [-0.39, 0.29) is 11.5 Å². The Hall–Kier alpha value is -3.71. The van der Waals surface area contributed by atoms with Crippen LogP contribution in [0.3, 0.4) is 0 Å². The third-order valence-electron chi connectivity index (χ3n) is 6.66. The fraction of sp³-hybridized carbons (Fsp3) is 0.367. The molecule has 37 heavy (non-hydrogen) atoms. The van der Waals surface area contributed by atoms with Gasteiger partial charge in [0.15, 0.2) is 0 Å². The molecule has 0 aliphatic carbocycles. The molecule has 2 heterocycles. The van der Waals surface area contributed by atoms with Gasteiger partial charge in [-0.15, -0.1) is 0 Å². The van der Waals surface area contributed by atoms with E-state index in [1.54, 1.807) is 47.6 Å². The van der Waals surface area contributed by atoms with E-state index in [1.807, 2.05) is 19.1 Å². The predicted molar refractivity (Wildman–Crippen MR) is 144 cm³/mol. The van der Waals surface area contributed by atoms with Gasteiger partial charge in [0.2, 0.25) is 0 Å². The summed E-state index contributed by atoms with van der Waals surface area (Å²) in [7, 11) is 0. The van der Waals surface area contributed by atoms with Gasteiger partial charge >= 0.3 is 5.97 Å². The van der Waals surface area contributed by atoms with Gasteiger partial charge in [0.25, 0.3) is 5.91 Å². The molecule has 0 atom stereocenters. The number of ether oxygens (including phenoxy) is 1. The van der Waals surface area contributed by atoms with Crippen LogP contribution in [0.1, 0.15) is 70.9 Å². The molecule has 1 aromatic heterocycles. The van der Waals surface area contributed by atoms with Crippen LogP contribution in [-0.2, 0) is 13.1 Å². The first-order valence-electron chi connectivity index (χ1n) is 13.1. The third kappa shape index (κ3) is 7.17. The van der Waals surface area contributed by atoms with Gasteiger partial charge in [-0.25, -0.2) is 4.79 Å². The number of fused-ring (bicyclic) bond motifs is 1. The minimum absolute atomic E-state index is 0.118. The van der Waals surface area contributed by atoms with Crippen LogP contribution in [0.25, 0.3) is 0 Å². The number of benzene rings is 2. The van der Waals surface area contributed by atoms with Gasteiger partial charge in [0, 0.05) is 37.7 Å². The zero-order valence-electron chi connectivity index (χ0n) is 21.4. The maximum Gasteiger partial charge on any atom is 0.335 e. The molecule has 1 aliphatic heterocycles. The topological polar surface area (TPSA) is 83.0 Å². The van der Waals surface area contributed by atoms with E-state index in [0.717, 1.165) is 67.8 Å². The first-order chi connectivity index (χ1) is 18.0. The van der Waals surface area contributed by atoms with Crippen molar-refractivity contribution in [2.45, 2.75) is 52.1 Å². The zero-order chi connectivity index (χ0) is 26.0. The summed E-state index contributed by atoms with van der Waals surface area (Å²) in [4.78, 5) is 33.7. The van der Waals surface area contributed by atoms with Crippen LogP contribution >= 0.6 is 0 Å². The summed E-state index contributed by atoms with van der Waals surface area (Å²) in [5.74, 6) is -0.245. The Balaban J connectivity index is 1.69. The number of carbonyl (C=O) groups excluding carboxylic acids is 1. The van der Waals surface area contributed by atoms with Gasteiger partial charge in [-0.05, 0) is 79.9 Å².